The summed E-state index contributed by atoms with van der Waals surface area (Å²) in [6, 6.07) is 12.3. The minimum Gasteiger partial charge on any atom is -0.354 e. The van der Waals surface area contributed by atoms with Crippen LogP contribution in [0.1, 0.15) is 16.8 Å². The number of sulfonamides is 1. The zero-order chi connectivity index (χ0) is 21.4. The van der Waals surface area contributed by atoms with E-state index in [2.05, 4.69) is 38.1 Å². The van der Waals surface area contributed by atoms with Crippen molar-refractivity contribution in [2.45, 2.75) is 6.54 Å². The van der Waals surface area contributed by atoms with Gasteiger partial charge in [0.1, 0.15) is 12.1 Å². The van der Waals surface area contributed by atoms with Crippen molar-refractivity contribution in [1.82, 2.24) is 19.3 Å². The fourth-order valence-electron chi connectivity index (χ4n) is 4.01. The van der Waals surface area contributed by atoms with Gasteiger partial charge >= 0.3 is 0 Å². The van der Waals surface area contributed by atoms with E-state index in [0.717, 1.165) is 33.9 Å². The highest BCUT2D eigenvalue weighted by Gasteiger charge is 2.25. The monoisotopic (exact) mass is 434 g/mol. The molecule has 8 nitrogen and oxygen atoms in total. The molecule has 0 unspecified atom stereocenters. The molecule has 0 atom stereocenters. The van der Waals surface area contributed by atoms with Gasteiger partial charge in [-0.1, -0.05) is 18.2 Å². The zero-order valence-corrected chi connectivity index (χ0v) is 18.0. The minimum absolute atomic E-state index is 0.455. The zero-order valence-electron chi connectivity index (χ0n) is 17.1. The highest BCUT2D eigenvalue weighted by molar-refractivity contribution is 7.88. The van der Waals surface area contributed by atoms with Crippen LogP contribution in [-0.4, -0.2) is 65.8 Å². The third kappa shape index (κ3) is 3.94. The summed E-state index contributed by atoms with van der Waals surface area (Å²) < 4.78 is 25.0. The van der Waals surface area contributed by atoms with E-state index in [1.165, 1.54) is 16.1 Å². The van der Waals surface area contributed by atoms with Gasteiger partial charge in [-0.15, -0.1) is 0 Å². The molecule has 0 N–H and O–H groups in total. The number of aromatic nitrogens is 3. The molecule has 5 rings (SSSR count). The smallest absolute Gasteiger partial charge is 0.211 e. The van der Waals surface area contributed by atoms with Gasteiger partial charge in [-0.25, -0.2) is 18.4 Å². The Hall–Kier alpha value is -3.17. The molecule has 9 heteroatoms. The average Bonchev–Trinajstić information content (AvgIpc) is 3.23. The Balaban J connectivity index is 1.41. The Kier molecular flexibility index (Phi) is 4.99. The summed E-state index contributed by atoms with van der Waals surface area (Å²) in [5, 5.41) is 0. The van der Waals surface area contributed by atoms with Crippen molar-refractivity contribution in [2.75, 3.05) is 37.3 Å². The number of pyridine rings is 1. The molecule has 0 radical (unpaired) electrons. The van der Waals surface area contributed by atoms with Crippen molar-refractivity contribution >= 4 is 21.6 Å². The van der Waals surface area contributed by atoms with Crippen LogP contribution in [0.5, 0.6) is 0 Å². The van der Waals surface area contributed by atoms with Crippen LogP contribution in [0.4, 0.5) is 5.82 Å². The molecule has 0 spiro atoms. The summed E-state index contributed by atoms with van der Waals surface area (Å²) in [6.45, 7) is 2.73. The van der Waals surface area contributed by atoms with Gasteiger partial charge in [0.25, 0.3) is 0 Å². The number of piperazine rings is 1. The number of aliphatic imine (C=N–C) groups is 1. The molecular weight excluding hydrogens is 412 g/mol. The Labute approximate surface area is 181 Å². The lowest BCUT2D eigenvalue weighted by Gasteiger charge is -2.34. The largest absolute Gasteiger partial charge is 0.354 e. The van der Waals surface area contributed by atoms with Crippen LogP contribution in [-0.2, 0) is 16.6 Å². The molecule has 158 valence electrons. The fraction of sp³-hybridized carbons (Fsp3) is 0.273. The van der Waals surface area contributed by atoms with Crippen LogP contribution in [0, 0.1) is 0 Å². The number of nitrogens with zero attached hydrogens (tertiary/aromatic N) is 6. The van der Waals surface area contributed by atoms with Crippen LogP contribution >= 0.6 is 0 Å². The number of benzene rings is 1. The third-order valence-corrected chi connectivity index (χ3v) is 7.00. The van der Waals surface area contributed by atoms with Crippen molar-refractivity contribution < 1.29 is 8.42 Å². The van der Waals surface area contributed by atoms with Gasteiger partial charge < -0.3 is 4.90 Å². The molecule has 31 heavy (non-hydrogen) atoms. The molecule has 0 bridgehead atoms. The summed E-state index contributed by atoms with van der Waals surface area (Å²) in [4.78, 5) is 20.0. The first kappa shape index (κ1) is 19.8. The second-order valence-electron chi connectivity index (χ2n) is 7.69. The quantitative estimate of drug-likeness (QED) is 0.624. The lowest BCUT2D eigenvalue weighted by molar-refractivity contribution is 0.387. The first-order valence-corrected chi connectivity index (χ1v) is 11.9. The normalized spacial score (nSPS) is 16.8. The molecule has 0 saturated carbocycles. The predicted molar refractivity (Wildman–Crippen MR) is 120 cm³/mol. The molecule has 2 aromatic heterocycles. The second kappa shape index (κ2) is 7.82. The van der Waals surface area contributed by atoms with Gasteiger partial charge in [0, 0.05) is 55.8 Å². The first-order valence-electron chi connectivity index (χ1n) is 10.1. The molecular formula is C22H22N6O2S. The maximum Gasteiger partial charge on any atom is 0.211 e. The molecule has 1 aromatic carbocycles. The molecule has 0 aliphatic carbocycles. The van der Waals surface area contributed by atoms with Crippen molar-refractivity contribution in [2.24, 2.45) is 4.99 Å². The molecule has 2 aliphatic heterocycles. The molecule has 1 saturated heterocycles. The highest BCUT2D eigenvalue weighted by atomic mass is 32.2. The predicted octanol–water partition coefficient (Wildman–Crippen LogP) is 1.97. The number of hydrogen-bond donors (Lipinski definition) is 0. The fourth-order valence-corrected chi connectivity index (χ4v) is 4.84. The third-order valence-electron chi connectivity index (χ3n) is 5.69. The SMILES string of the molecule is CS(=O)(=O)N1CCN(c2cc(C3=NCc4ccc(-c5cccnc5)cc43)ncn2)CC1. The summed E-state index contributed by atoms with van der Waals surface area (Å²) in [6.07, 6.45) is 6.42. The summed E-state index contributed by atoms with van der Waals surface area (Å²) in [7, 11) is -3.16. The highest BCUT2D eigenvalue weighted by Crippen LogP contribution is 2.28. The topological polar surface area (TPSA) is 91.7 Å². The molecule has 1 fully saturated rings. The van der Waals surface area contributed by atoms with E-state index in [1.54, 1.807) is 12.5 Å². The maximum atomic E-state index is 11.8. The van der Waals surface area contributed by atoms with Crippen LogP contribution in [0.2, 0.25) is 0 Å². The Bertz CT molecular complexity index is 1250. The summed E-state index contributed by atoms with van der Waals surface area (Å²) in [5.41, 5.74) is 6.03. The maximum absolute atomic E-state index is 11.8. The van der Waals surface area contributed by atoms with Crippen molar-refractivity contribution in [3.63, 3.8) is 0 Å². The van der Waals surface area contributed by atoms with Gasteiger partial charge in [0.2, 0.25) is 10.0 Å². The molecule has 3 aromatic rings. The van der Waals surface area contributed by atoms with Crippen molar-refractivity contribution in [3.8, 4) is 11.1 Å². The lowest BCUT2D eigenvalue weighted by atomic mass is 9.97. The number of hydrogen-bond acceptors (Lipinski definition) is 7. The van der Waals surface area contributed by atoms with Crippen LogP contribution < -0.4 is 4.90 Å². The van der Waals surface area contributed by atoms with Gasteiger partial charge in [0.15, 0.2) is 0 Å². The second-order valence-corrected chi connectivity index (χ2v) is 9.67. The minimum atomic E-state index is -3.16. The standard InChI is InChI=1S/C22H22N6O2S/c1-31(29,30)28-9-7-27(8-10-28)21-12-20(25-15-26-21)22-19-11-16(4-5-18(19)14-24-22)17-3-2-6-23-13-17/h2-6,11-13,15H,7-10,14H2,1H3. The van der Waals surface area contributed by atoms with Gasteiger partial charge in [0.05, 0.1) is 24.2 Å². The first-order chi connectivity index (χ1) is 15.0. The Morgan fingerprint density at radius 2 is 1.81 bits per heavy atom. The van der Waals surface area contributed by atoms with Crippen LogP contribution in [0.15, 0.2) is 60.1 Å². The van der Waals surface area contributed by atoms with Crippen molar-refractivity contribution in [1.29, 1.82) is 0 Å². The van der Waals surface area contributed by atoms with Gasteiger partial charge in [-0.05, 0) is 23.3 Å². The van der Waals surface area contributed by atoms with Gasteiger partial charge in [-0.3, -0.25) is 9.98 Å². The van der Waals surface area contributed by atoms with E-state index < -0.39 is 10.0 Å². The van der Waals surface area contributed by atoms with Gasteiger partial charge in [-0.2, -0.15) is 4.31 Å². The lowest BCUT2D eigenvalue weighted by Crippen LogP contribution is -2.48. The molecule has 4 heterocycles. The molecule has 2 aliphatic rings. The Morgan fingerprint density at radius 3 is 2.55 bits per heavy atom. The number of fused-ring (bicyclic) bond motifs is 1. The van der Waals surface area contributed by atoms with E-state index in [1.807, 2.05) is 24.4 Å². The summed E-state index contributed by atoms with van der Waals surface area (Å²) in [5.74, 6) is 0.790. The van der Waals surface area contributed by atoms with E-state index in [-0.39, 0.29) is 0 Å². The van der Waals surface area contributed by atoms with Crippen molar-refractivity contribution in [3.05, 3.63) is 71.9 Å². The summed E-state index contributed by atoms with van der Waals surface area (Å²) >= 11 is 0. The number of anilines is 1. The average molecular weight is 435 g/mol. The van der Waals surface area contributed by atoms with E-state index in [4.69, 9.17) is 4.99 Å². The van der Waals surface area contributed by atoms with Crippen LogP contribution in [0.3, 0.4) is 0 Å². The Morgan fingerprint density at radius 1 is 0.968 bits per heavy atom. The number of rotatable bonds is 4. The van der Waals surface area contributed by atoms with E-state index in [0.29, 0.717) is 32.7 Å². The molecule has 0 amide bonds. The van der Waals surface area contributed by atoms with E-state index in [9.17, 15) is 8.42 Å². The van der Waals surface area contributed by atoms with Crippen LogP contribution in [0.25, 0.3) is 11.1 Å². The van der Waals surface area contributed by atoms with E-state index >= 15 is 0 Å².